The van der Waals surface area contributed by atoms with E-state index in [0.717, 1.165) is 14.9 Å². The van der Waals surface area contributed by atoms with E-state index in [0.29, 0.717) is 34.0 Å². The number of ether oxygens (including phenoxy) is 2. The van der Waals surface area contributed by atoms with Gasteiger partial charge in [0.25, 0.3) is 11.8 Å². The number of para-hydroxylation sites is 1. The van der Waals surface area contributed by atoms with Gasteiger partial charge in [0.05, 0.1) is 19.9 Å². The van der Waals surface area contributed by atoms with Crippen LogP contribution < -0.4 is 25.4 Å². The van der Waals surface area contributed by atoms with Crippen LogP contribution in [0.4, 0.5) is 11.4 Å². The summed E-state index contributed by atoms with van der Waals surface area (Å²) < 4.78 is 11.6. The Morgan fingerprint density at radius 2 is 1.46 bits per heavy atom. The van der Waals surface area contributed by atoms with Gasteiger partial charge in [0, 0.05) is 26.2 Å². The van der Waals surface area contributed by atoms with E-state index >= 15 is 0 Å². The maximum atomic E-state index is 13.8. The first-order chi connectivity index (χ1) is 23.3. The van der Waals surface area contributed by atoms with Gasteiger partial charge in [-0.25, -0.2) is 0 Å². The zero-order valence-corrected chi connectivity index (χ0v) is 28.5. The van der Waals surface area contributed by atoms with Crippen molar-refractivity contribution in [2.75, 3.05) is 24.9 Å². The molecule has 48 heavy (non-hydrogen) atoms. The van der Waals surface area contributed by atoms with E-state index in [4.69, 9.17) is 9.47 Å². The average molecular weight is 723 g/mol. The van der Waals surface area contributed by atoms with Crippen LogP contribution in [-0.4, -0.2) is 31.9 Å². The van der Waals surface area contributed by atoms with Crippen molar-refractivity contribution in [3.8, 4) is 11.5 Å². The van der Waals surface area contributed by atoms with Gasteiger partial charge in [0.1, 0.15) is 22.4 Å². The number of methoxy groups -OCH3 is 2. The zero-order valence-electron chi connectivity index (χ0n) is 26.1. The molecule has 0 spiro atoms. The molecular weight excluding hydrogens is 690 g/mol. The summed E-state index contributed by atoms with van der Waals surface area (Å²) in [5.74, 6) is -0.171. The first-order valence-electron chi connectivity index (χ1n) is 14.8. The molecule has 242 valence electrons. The number of amides is 3. The molecule has 0 aliphatic heterocycles. The number of hydrogen-bond acceptors (Lipinski definition) is 6. The molecule has 5 aromatic carbocycles. The number of rotatable bonds is 12. The third-order valence-corrected chi connectivity index (χ3v) is 9.02. The Kier molecular flexibility index (Phi) is 11.7. The van der Waals surface area contributed by atoms with Gasteiger partial charge in [-0.15, -0.1) is 11.8 Å². The Morgan fingerprint density at radius 1 is 0.750 bits per heavy atom. The Balaban J connectivity index is 1.42. The second-order valence-corrected chi connectivity index (χ2v) is 12.4. The van der Waals surface area contributed by atoms with E-state index in [9.17, 15) is 14.4 Å². The van der Waals surface area contributed by atoms with Crippen LogP contribution >= 0.6 is 27.7 Å². The van der Waals surface area contributed by atoms with Gasteiger partial charge in [-0.3, -0.25) is 14.4 Å². The highest BCUT2D eigenvalue weighted by atomic mass is 79.9. The SMILES string of the molecule is COc1ccc(OC)c(/C=C(/NC(=O)c2ccccc2)C(=O)Nc2cccc(SC(C(=O)Nc3ccccc3Br)c3ccccc3)c2)c1. The molecule has 0 fully saturated rings. The predicted octanol–water partition coefficient (Wildman–Crippen LogP) is 8.35. The van der Waals surface area contributed by atoms with Gasteiger partial charge >= 0.3 is 0 Å². The third-order valence-electron chi connectivity index (χ3n) is 7.08. The van der Waals surface area contributed by atoms with Crippen LogP contribution in [0.15, 0.2) is 142 Å². The molecular formula is C38H32BrN3O5S. The van der Waals surface area contributed by atoms with Gasteiger partial charge in [0.15, 0.2) is 0 Å². The average Bonchev–Trinajstić information content (AvgIpc) is 3.12. The van der Waals surface area contributed by atoms with Crippen LogP contribution in [0.3, 0.4) is 0 Å². The van der Waals surface area contributed by atoms with Crippen LogP contribution in [0.5, 0.6) is 11.5 Å². The van der Waals surface area contributed by atoms with Crippen molar-refractivity contribution in [2.24, 2.45) is 0 Å². The van der Waals surface area contributed by atoms with Gasteiger partial charge in [-0.2, -0.15) is 0 Å². The number of benzene rings is 5. The quantitative estimate of drug-likeness (QED) is 0.0884. The number of carbonyl (C=O) groups is 3. The van der Waals surface area contributed by atoms with E-state index in [1.54, 1.807) is 66.7 Å². The van der Waals surface area contributed by atoms with Crippen molar-refractivity contribution in [2.45, 2.75) is 10.1 Å². The minimum Gasteiger partial charge on any atom is -0.497 e. The Labute approximate surface area is 291 Å². The molecule has 5 rings (SSSR count). The summed E-state index contributed by atoms with van der Waals surface area (Å²) in [5.41, 5.74) is 2.86. The summed E-state index contributed by atoms with van der Waals surface area (Å²) in [6.07, 6.45) is 1.54. The lowest BCUT2D eigenvalue weighted by molar-refractivity contribution is -0.116. The highest BCUT2D eigenvalue weighted by Crippen LogP contribution is 2.38. The molecule has 0 aliphatic rings. The fourth-order valence-corrected chi connectivity index (χ4v) is 6.16. The number of nitrogens with one attached hydrogen (secondary N) is 3. The van der Waals surface area contributed by atoms with Gasteiger partial charge < -0.3 is 25.4 Å². The summed E-state index contributed by atoms with van der Waals surface area (Å²) in [7, 11) is 3.06. The van der Waals surface area contributed by atoms with Crippen LogP contribution in [0.25, 0.3) is 6.08 Å². The standard InChI is InChI=1S/C38H32BrN3O5S/c1-46-29-20-21-34(47-2)27(22-29)23-33(42-36(43)26-14-7-4-8-15-26)37(44)40-28-16-11-17-30(24-28)48-35(25-12-5-3-6-13-25)38(45)41-32-19-10-9-18-31(32)39/h3-24,35H,1-2H3,(H,40,44)(H,41,45)(H,42,43)/b33-23+. The van der Waals surface area contributed by atoms with Gasteiger partial charge in [-0.05, 0) is 88.2 Å². The molecule has 0 radical (unpaired) electrons. The van der Waals surface area contributed by atoms with Gasteiger partial charge in [-0.1, -0.05) is 66.7 Å². The highest BCUT2D eigenvalue weighted by Gasteiger charge is 2.23. The Hall–Kier alpha value is -5.32. The smallest absolute Gasteiger partial charge is 0.272 e. The molecule has 1 atom stereocenters. The molecule has 8 nitrogen and oxygen atoms in total. The number of halogens is 1. The van der Waals surface area contributed by atoms with Crippen LogP contribution in [0.2, 0.25) is 0 Å². The fraction of sp³-hybridized carbons (Fsp3) is 0.0789. The summed E-state index contributed by atoms with van der Waals surface area (Å²) in [6.45, 7) is 0. The van der Waals surface area contributed by atoms with E-state index in [2.05, 4.69) is 31.9 Å². The maximum Gasteiger partial charge on any atom is 0.272 e. The largest absolute Gasteiger partial charge is 0.497 e. The Bertz CT molecular complexity index is 1940. The minimum atomic E-state index is -0.592. The fourth-order valence-electron chi connectivity index (χ4n) is 4.69. The Morgan fingerprint density at radius 3 is 2.17 bits per heavy atom. The van der Waals surface area contributed by atoms with Crippen LogP contribution in [-0.2, 0) is 9.59 Å². The second kappa shape index (κ2) is 16.5. The molecule has 0 aromatic heterocycles. The maximum absolute atomic E-state index is 13.8. The lowest BCUT2D eigenvalue weighted by Gasteiger charge is -2.18. The number of carbonyl (C=O) groups excluding carboxylic acids is 3. The van der Waals surface area contributed by atoms with Crippen molar-refractivity contribution < 1.29 is 23.9 Å². The summed E-state index contributed by atoms with van der Waals surface area (Å²) in [6, 6.07) is 37.9. The molecule has 0 saturated heterocycles. The molecule has 0 heterocycles. The van der Waals surface area contributed by atoms with Crippen LogP contribution in [0, 0.1) is 0 Å². The van der Waals surface area contributed by atoms with Crippen molar-refractivity contribution in [3.63, 3.8) is 0 Å². The van der Waals surface area contributed by atoms with Crippen molar-refractivity contribution in [1.29, 1.82) is 0 Å². The van der Waals surface area contributed by atoms with E-state index in [1.165, 1.54) is 32.1 Å². The number of hydrogen-bond donors (Lipinski definition) is 3. The second-order valence-electron chi connectivity index (χ2n) is 10.3. The van der Waals surface area contributed by atoms with E-state index < -0.39 is 17.1 Å². The first kappa shape index (κ1) is 34.0. The van der Waals surface area contributed by atoms with E-state index in [1.807, 2.05) is 60.7 Å². The normalized spacial score (nSPS) is 11.6. The van der Waals surface area contributed by atoms with Crippen molar-refractivity contribution in [3.05, 3.63) is 154 Å². The molecule has 3 N–H and O–H groups in total. The lowest BCUT2D eigenvalue weighted by atomic mass is 10.1. The molecule has 5 aromatic rings. The minimum absolute atomic E-state index is 0.0107. The molecule has 3 amide bonds. The number of thioether (sulfide) groups is 1. The van der Waals surface area contributed by atoms with E-state index in [-0.39, 0.29) is 11.6 Å². The number of anilines is 2. The monoisotopic (exact) mass is 721 g/mol. The first-order valence-corrected chi connectivity index (χ1v) is 16.5. The lowest BCUT2D eigenvalue weighted by Crippen LogP contribution is -2.30. The molecule has 0 aliphatic carbocycles. The highest BCUT2D eigenvalue weighted by molar-refractivity contribution is 9.10. The third kappa shape index (κ3) is 8.93. The molecule has 10 heteroatoms. The summed E-state index contributed by atoms with van der Waals surface area (Å²) >= 11 is 4.85. The molecule has 0 bridgehead atoms. The predicted molar refractivity (Wildman–Crippen MR) is 194 cm³/mol. The topological polar surface area (TPSA) is 106 Å². The van der Waals surface area contributed by atoms with Crippen molar-refractivity contribution in [1.82, 2.24) is 5.32 Å². The van der Waals surface area contributed by atoms with Crippen molar-refractivity contribution >= 4 is 62.9 Å². The molecule has 0 saturated carbocycles. The summed E-state index contributed by atoms with van der Waals surface area (Å²) in [5, 5.41) is 8.08. The van der Waals surface area contributed by atoms with Gasteiger partial charge in [0.2, 0.25) is 5.91 Å². The van der Waals surface area contributed by atoms with Crippen LogP contribution in [0.1, 0.15) is 26.7 Å². The summed E-state index contributed by atoms with van der Waals surface area (Å²) in [4.78, 5) is 41.3. The zero-order chi connectivity index (χ0) is 33.9. The molecule has 1 unspecified atom stereocenters.